The Hall–Kier alpha value is -1.30. The molecule has 2 heterocycles. The zero-order valence-corrected chi connectivity index (χ0v) is 13.1. The molecule has 1 aliphatic heterocycles. The number of aromatic nitrogens is 2. The molecule has 1 fully saturated rings. The predicted octanol–water partition coefficient (Wildman–Crippen LogP) is 3.23. The first-order chi connectivity index (χ1) is 9.37. The van der Waals surface area contributed by atoms with Gasteiger partial charge in [-0.3, -0.25) is 4.90 Å². The van der Waals surface area contributed by atoms with Crippen LogP contribution in [-0.2, 0) is 4.74 Å². The van der Waals surface area contributed by atoms with E-state index < -0.39 is 5.60 Å². The van der Waals surface area contributed by atoms with Gasteiger partial charge >= 0.3 is 6.09 Å². The molecule has 1 unspecified atom stereocenters. The minimum Gasteiger partial charge on any atom is -0.444 e. The molecule has 1 amide bonds. The van der Waals surface area contributed by atoms with Crippen LogP contribution >= 0.6 is 12.6 Å². The summed E-state index contributed by atoms with van der Waals surface area (Å²) in [4.78, 5) is 22.4. The van der Waals surface area contributed by atoms with Crippen LogP contribution in [0.25, 0.3) is 0 Å². The van der Waals surface area contributed by atoms with Crippen molar-refractivity contribution in [3.63, 3.8) is 0 Å². The van der Waals surface area contributed by atoms with Crippen molar-refractivity contribution in [2.75, 3.05) is 6.54 Å². The van der Waals surface area contributed by atoms with E-state index in [0.717, 1.165) is 25.0 Å². The summed E-state index contributed by atoms with van der Waals surface area (Å²) in [6.45, 7) is 6.33. The molecular formula is C14H21N3O2S. The standard InChI is InChI=1S/C14H21N3O2S/c1-14(2,3)19-13(18)17-9-5-4-6-11(17)10-7-8-15-12(20)16-10/h7-8,11H,4-6,9H2,1-3H3,(H,15,16,20). The molecule has 1 aromatic rings. The summed E-state index contributed by atoms with van der Waals surface area (Å²) in [6.07, 6.45) is 4.36. The number of likely N-dealkylation sites (tertiary alicyclic amines) is 1. The second-order valence-electron chi connectivity index (χ2n) is 5.97. The first-order valence-electron chi connectivity index (χ1n) is 6.88. The Morgan fingerprint density at radius 2 is 2.20 bits per heavy atom. The lowest BCUT2D eigenvalue weighted by molar-refractivity contribution is 0.00891. The van der Waals surface area contributed by atoms with Gasteiger partial charge in [0.2, 0.25) is 0 Å². The Bertz CT molecular complexity index is 488. The van der Waals surface area contributed by atoms with Crippen LogP contribution < -0.4 is 0 Å². The Labute approximate surface area is 125 Å². The second-order valence-corrected chi connectivity index (χ2v) is 6.37. The van der Waals surface area contributed by atoms with E-state index in [4.69, 9.17) is 4.74 Å². The number of hydrogen-bond donors (Lipinski definition) is 1. The first-order valence-corrected chi connectivity index (χ1v) is 7.33. The Balaban J connectivity index is 2.19. The molecule has 1 atom stereocenters. The fourth-order valence-corrected chi connectivity index (χ4v) is 2.51. The maximum Gasteiger partial charge on any atom is 0.410 e. The monoisotopic (exact) mass is 295 g/mol. The molecule has 6 heteroatoms. The molecular weight excluding hydrogens is 274 g/mol. The first kappa shape index (κ1) is 15.1. The minimum absolute atomic E-state index is 0.0486. The molecule has 2 rings (SSSR count). The third kappa shape index (κ3) is 3.85. The van der Waals surface area contributed by atoms with Crippen LogP contribution in [0, 0.1) is 0 Å². The molecule has 0 bridgehead atoms. The number of amides is 1. The molecule has 110 valence electrons. The van der Waals surface area contributed by atoms with Crippen molar-refractivity contribution in [2.45, 2.75) is 56.8 Å². The highest BCUT2D eigenvalue weighted by atomic mass is 32.1. The van der Waals surface area contributed by atoms with Gasteiger partial charge in [0.05, 0.1) is 11.7 Å². The van der Waals surface area contributed by atoms with Gasteiger partial charge in [-0.25, -0.2) is 14.8 Å². The highest BCUT2D eigenvalue weighted by molar-refractivity contribution is 7.80. The minimum atomic E-state index is -0.487. The lowest BCUT2D eigenvalue weighted by Gasteiger charge is -2.36. The summed E-state index contributed by atoms with van der Waals surface area (Å²) >= 11 is 4.17. The van der Waals surface area contributed by atoms with E-state index in [1.54, 1.807) is 11.1 Å². The molecule has 0 N–H and O–H groups in total. The van der Waals surface area contributed by atoms with Gasteiger partial charge in [-0.1, -0.05) is 0 Å². The van der Waals surface area contributed by atoms with Gasteiger partial charge in [-0.15, -0.1) is 12.6 Å². The molecule has 1 aromatic heterocycles. The van der Waals surface area contributed by atoms with Crippen molar-refractivity contribution in [1.82, 2.24) is 14.9 Å². The fourth-order valence-electron chi connectivity index (χ4n) is 2.33. The second kappa shape index (κ2) is 5.99. The highest BCUT2D eigenvalue weighted by Gasteiger charge is 2.32. The van der Waals surface area contributed by atoms with Gasteiger partial charge in [0, 0.05) is 12.7 Å². The third-order valence-electron chi connectivity index (χ3n) is 3.14. The highest BCUT2D eigenvalue weighted by Crippen LogP contribution is 2.31. The van der Waals surface area contributed by atoms with E-state index in [1.165, 1.54) is 0 Å². The van der Waals surface area contributed by atoms with Crippen LogP contribution in [0.2, 0.25) is 0 Å². The Morgan fingerprint density at radius 3 is 2.85 bits per heavy atom. The number of piperidine rings is 1. The number of carbonyl (C=O) groups is 1. The van der Waals surface area contributed by atoms with Gasteiger partial charge < -0.3 is 4.74 Å². The van der Waals surface area contributed by atoms with Crippen LogP contribution in [0.5, 0.6) is 0 Å². The molecule has 1 aliphatic rings. The van der Waals surface area contributed by atoms with E-state index in [2.05, 4.69) is 22.6 Å². The van der Waals surface area contributed by atoms with Crippen molar-refractivity contribution in [3.05, 3.63) is 18.0 Å². The lowest BCUT2D eigenvalue weighted by Crippen LogP contribution is -2.42. The van der Waals surface area contributed by atoms with Crippen molar-refractivity contribution in [3.8, 4) is 0 Å². The summed E-state index contributed by atoms with van der Waals surface area (Å²) in [5.41, 5.74) is 0.343. The van der Waals surface area contributed by atoms with E-state index >= 15 is 0 Å². The summed E-state index contributed by atoms with van der Waals surface area (Å²) in [5.74, 6) is 0. The van der Waals surface area contributed by atoms with Gasteiger partial charge in [0.15, 0.2) is 5.16 Å². The average Bonchev–Trinajstić information content (AvgIpc) is 2.37. The molecule has 0 spiro atoms. The van der Waals surface area contributed by atoms with Gasteiger partial charge in [0.25, 0.3) is 0 Å². The van der Waals surface area contributed by atoms with Crippen LogP contribution in [-0.4, -0.2) is 33.1 Å². The number of nitrogens with zero attached hydrogens (tertiary/aromatic N) is 3. The maximum atomic E-state index is 12.3. The van der Waals surface area contributed by atoms with Crippen molar-refractivity contribution in [1.29, 1.82) is 0 Å². The number of ether oxygens (including phenoxy) is 1. The molecule has 0 radical (unpaired) electrons. The smallest absolute Gasteiger partial charge is 0.410 e. The molecule has 0 aliphatic carbocycles. The van der Waals surface area contributed by atoms with Gasteiger partial charge in [-0.2, -0.15) is 0 Å². The van der Waals surface area contributed by atoms with Crippen LogP contribution in [0.3, 0.4) is 0 Å². The topological polar surface area (TPSA) is 55.3 Å². The molecule has 0 saturated carbocycles. The van der Waals surface area contributed by atoms with Crippen molar-refractivity contribution < 1.29 is 9.53 Å². The zero-order chi connectivity index (χ0) is 14.8. The fraction of sp³-hybridized carbons (Fsp3) is 0.643. The van der Waals surface area contributed by atoms with E-state index in [0.29, 0.717) is 11.7 Å². The van der Waals surface area contributed by atoms with Crippen LogP contribution in [0.4, 0.5) is 4.79 Å². The Kier molecular flexibility index (Phi) is 4.52. The lowest BCUT2D eigenvalue weighted by atomic mass is 10.00. The van der Waals surface area contributed by atoms with E-state index in [9.17, 15) is 4.79 Å². The maximum absolute atomic E-state index is 12.3. The molecule has 20 heavy (non-hydrogen) atoms. The number of hydrogen-bond acceptors (Lipinski definition) is 5. The van der Waals surface area contributed by atoms with Crippen molar-refractivity contribution in [2.24, 2.45) is 0 Å². The van der Waals surface area contributed by atoms with Crippen LogP contribution in [0.15, 0.2) is 17.4 Å². The Morgan fingerprint density at radius 1 is 1.45 bits per heavy atom. The summed E-state index contributed by atoms with van der Waals surface area (Å²) in [6, 6.07) is 1.79. The molecule has 5 nitrogen and oxygen atoms in total. The van der Waals surface area contributed by atoms with E-state index in [-0.39, 0.29) is 12.1 Å². The zero-order valence-electron chi connectivity index (χ0n) is 12.2. The summed E-state index contributed by atoms with van der Waals surface area (Å²) in [5, 5.41) is 0.428. The van der Waals surface area contributed by atoms with Crippen molar-refractivity contribution >= 4 is 18.7 Å². The number of carbonyl (C=O) groups excluding carboxylic acids is 1. The quantitative estimate of drug-likeness (QED) is 0.638. The predicted molar refractivity (Wildman–Crippen MR) is 78.8 cm³/mol. The van der Waals surface area contributed by atoms with Crippen LogP contribution in [0.1, 0.15) is 51.8 Å². The normalized spacial score (nSPS) is 19.8. The molecule has 1 saturated heterocycles. The number of thiol groups is 1. The van der Waals surface area contributed by atoms with Gasteiger partial charge in [-0.05, 0) is 46.1 Å². The van der Waals surface area contributed by atoms with Gasteiger partial charge in [0.1, 0.15) is 5.60 Å². The summed E-state index contributed by atoms with van der Waals surface area (Å²) < 4.78 is 5.48. The third-order valence-corrected chi connectivity index (χ3v) is 3.35. The van der Waals surface area contributed by atoms with E-state index in [1.807, 2.05) is 26.8 Å². The number of rotatable bonds is 1. The SMILES string of the molecule is CC(C)(C)OC(=O)N1CCCCC1c1ccnc(S)n1. The molecule has 0 aromatic carbocycles. The average molecular weight is 295 g/mol. The summed E-state index contributed by atoms with van der Waals surface area (Å²) in [7, 11) is 0. The largest absolute Gasteiger partial charge is 0.444 e.